The highest BCUT2D eigenvalue weighted by molar-refractivity contribution is 6.69. The monoisotopic (exact) mass is 471 g/mol. The maximum atomic E-state index is 13.1. The molecule has 8 nitrogen and oxygen atoms in total. The van der Waals surface area contributed by atoms with Crippen molar-refractivity contribution in [1.82, 2.24) is 15.5 Å². The van der Waals surface area contributed by atoms with Crippen molar-refractivity contribution in [3.8, 4) is 0 Å². The van der Waals surface area contributed by atoms with Crippen molar-refractivity contribution in [2.75, 3.05) is 13.7 Å². The van der Waals surface area contributed by atoms with Crippen LogP contribution in [0.3, 0.4) is 0 Å². The molecular weight excluding hydrogens is 438 g/mol. The second kappa shape index (κ2) is 9.92. The van der Waals surface area contributed by atoms with Gasteiger partial charge >= 0.3 is 12.0 Å². The number of carbonyl (C=O) groups is 3. The van der Waals surface area contributed by atoms with E-state index in [-0.39, 0.29) is 36.6 Å². The van der Waals surface area contributed by atoms with Crippen LogP contribution in [0.5, 0.6) is 0 Å². The molecule has 33 heavy (non-hydrogen) atoms. The third-order valence-corrected chi connectivity index (χ3v) is 6.84. The number of nitrogens with zero attached hydrogens (tertiary/aromatic N) is 1. The van der Waals surface area contributed by atoms with Gasteiger partial charge in [-0.05, 0) is 49.7 Å². The van der Waals surface area contributed by atoms with E-state index in [0.29, 0.717) is 18.7 Å². The van der Waals surface area contributed by atoms with Gasteiger partial charge in [0.1, 0.15) is 12.3 Å². The zero-order chi connectivity index (χ0) is 24.3. The summed E-state index contributed by atoms with van der Waals surface area (Å²) in [7, 11) is -0.262. The molecule has 1 aromatic rings. The predicted molar refractivity (Wildman–Crippen MR) is 128 cm³/mol. The molecule has 3 rings (SSSR count). The molecule has 178 valence electrons. The van der Waals surface area contributed by atoms with Crippen molar-refractivity contribution in [3.05, 3.63) is 53.7 Å². The van der Waals surface area contributed by atoms with Crippen LogP contribution in [0.25, 0.3) is 5.57 Å². The van der Waals surface area contributed by atoms with Crippen LogP contribution in [0, 0.1) is 5.92 Å². The van der Waals surface area contributed by atoms with Gasteiger partial charge < -0.3 is 24.7 Å². The number of amides is 3. The molecule has 2 heterocycles. The summed E-state index contributed by atoms with van der Waals surface area (Å²) >= 11 is 0. The number of hydrogen-bond acceptors (Lipinski definition) is 5. The van der Waals surface area contributed by atoms with E-state index in [9.17, 15) is 14.4 Å². The summed E-state index contributed by atoms with van der Waals surface area (Å²) in [6, 6.07) is 7.23. The largest absolute Gasteiger partial charge is 0.457 e. The van der Waals surface area contributed by atoms with Gasteiger partial charge in [-0.3, -0.25) is 4.79 Å². The Balaban J connectivity index is 1.86. The molecule has 2 aliphatic rings. The predicted octanol–water partition coefficient (Wildman–Crippen LogP) is 3.03. The van der Waals surface area contributed by atoms with Gasteiger partial charge in [-0.2, -0.15) is 0 Å². The van der Waals surface area contributed by atoms with Gasteiger partial charge in [0.25, 0.3) is 0 Å². The second-order valence-corrected chi connectivity index (χ2v) is 13.7. The van der Waals surface area contributed by atoms with E-state index in [1.54, 1.807) is 11.9 Å². The molecule has 1 aromatic carbocycles. The Morgan fingerprint density at radius 2 is 1.94 bits per heavy atom. The van der Waals surface area contributed by atoms with Gasteiger partial charge in [-0.1, -0.05) is 36.9 Å². The van der Waals surface area contributed by atoms with Crippen molar-refractivity contribution >= 4 is 31.8 Å². The Kier molecular flexibility index (Phi) is 7.43. The molecule has 3 atom stereocenters. The summed E-state index contributed by atoms with van der Waals surface area (Å²) < 4.78 is 11.5. The number of benzene rings is 1. The Labute approximate surface area is 196 Å². The lowest BCUT2D eigenvalue weighted by atomic mass is 9.82. The Bertz CT molecular complexity index is 967. The molecule has 2 N–H and O–H groups in total. The molecule has 0 unspecified atom stereocenters. The van der Waals surface area contributed by atoms with E-state index >= 15 is 0 Å². The number of β-lactam (4-membered cyclic amide) rings is 1. The summed E-state index contributed by atoms with van der Waals surface area (Å²) in [5, 5.41) is 5.26. The second-order valence-electron chi connectivity index (χ2n) is 9.28. The Hall–Kier alpha value is -2.91. The molecular formula is C24H33N3O5Si. The van der Waals surface area contributed by atoms with Crippen LogP contribution in [-0.4, -0.2) is 56.9 Å². The van der Waals surface area contributed by atoms with Crippen LogP contribution >= 0.6 is 0 Å². The number of urea groups is 1. The lowest BCUT2D eigenvalue weighted by Gasteiger charge is -2.47. The molecule has 2 aliphatic heterocycles. The van der Waals surface area contributed by atoms with Crippen molar-refractivity contribution in [2.24, 2.45) is 5.92 Å². The number of rotatable bonds is 9. The standard InChI is InChI=1S/C24H33N3O5Si/c1-7-12-31-23(29)21-18(17-10-8-16(9-11-17)14-26-24(30)25-3)13-19-20(22(28)27(19)21)15(2)32-33(4,5)6/h7-11,15,19-20H,1,12-14H2,2-6H3,(H2,25,26,30)/t15-,19-,20-/m1/s1. The van der Waals surface area contributed by atoms with Crippen molar-refractivity contribution in [1.29, 1.82) is 0 Å². The fourth-order valence-corrected chi connectivity index (χ4v) is 5.69. The maximum Gasteiger partial charge on any atom is 0.355 e. The summed E-state index contributed by atoms with van der Waals surface area (Å²) in [5.41, 5.74) is 2.87. The summed E-state index contributed by atoms with van der Waals surface area (Å²) in [6.45, 7) is 12.3. The first kappa shape index (κ1) is 24.7. The van der Waals surface area contributed by atoms with Gasteiger partial charge in [0, 0.05) is 13.6 Å². The highest BCUT2D eigenvalue weighted by Gasteiger charge is 2.57. The number of esters is 1. The molecule has 1 saturated heterocycles. The first-order chi connectivity index (χ1) is 15.6. The van der Waals surface area contributed by atoms with E-state index in [2.05, 4.69) is 36.9 Å². The number of carbonyl (C=O) groups excluding carboxylic acids is 3. The molecule has 1 fully saturated rings. The third-order valence-electron chi connectivity index (χ3n) is 5.76. The average Bonchev–Trinajstić information content (AvgIpc) is 3.10. The topological polar surface area (TPSA) is 97.0 Å². The lowest BCUT2D eigenvalue weighted by Crippen LogP contribution is -2.63. The zero-order valence-electron chi connectivity index (χ0n) is 19.9. The van der Waals surface area contributed by atoms with Gasteiger partial charge in [-0.25, -0.2) is 9.59 Å². The molecule has 0 aliphatic carbocycles. The third kappa shape index (κ3) is 5.36. The SMILES string of the molecule is C=CCOC(=O)C1=C(c2ccc(CNC(=O)NC)cc2)C[C@@H]2[C@@H]([C@@H](C)O[Si](C)(C)C)C(=O)N12. The van der Waals surface area contributed by atoms with E-state index in [4.69, 9.17) is 9.16 Å². The summed E-state index contributed by atoms with van der Waals surface area (Å²) in [6.07, 6.45) is 1.85. The highest BCUT2D eigenvalue weighted by atomic mass is 28.4. The van der Waals surface area contributed by atoms with Crippen LogP contribution in [0.1, 0.15) is 24.5 Å². The van der Waals surface area contributed by atoms with E-state index in [1.807, 2.05) is 31.2 Å². The van der Waals surface area contributed by atoms with Crippen LogP contribution < -0.4 is 10.6 Å². The first-order valence-electron chi connectivity index (χ1n) is 11.1. The highest BCUT2D eigenvalue weighted by Crippen LogP contribution is 2.48. The van der Waals surface area contributed by atoms with E-state index in [1.165, 1.54) is 6.08 Å². The van der Waals surface area contributed by atoms with Crippen LogP contribution in [-0.2, 0) is 25.3 Å². The molecule has 0 saturated carbocycles. The van der Waals surface area contributed by atoms with Crippen molar-refractivity contribution < 1.29 is 23.5 Å². The zero-order valence-corrected chi connectivity index (χ0v) is 20.9. The first-order valence-corrected chi connectivity index (χ1v) is 14.5. The van der Waals surface area contributed by atoms with E-state index < -0.39 is 14.3 Å². The fraction of sp³-hybridized carbons (Fsp3) is 0.458. The van der Waals surface area contributed by atoms with Crippen LogP contribution in [0.2, 0.25) is 19.6 Å². The fourth-order valence-electron chi connectivity index (χ4n) is 4.43. The molecule has 9 heteroatoms. The minimum Gasteiger partial charge on any atom is -0.457 e. The number of fused-ring (bicyclic) bond motifs is 1. The number of hydrogen-bond donors (Lipinski definition) is 2. The minimum atomic E-state index is -1.82. The van der Waals surface area contributed by atoms with Crippen LogP contribution in [0.15, 0.2) is 42.6 Å². The summed E-state index contributed by atoms with van der Waals surface area (Å²) in [4.78, 5) is 39.0. The number of ether oxygens (including phenoxy) is 1. The Morgan fingerprint density at radius 3 is 2.52 bits per heavy atom. The Morgan fingerprint density at radius 1 is 1.27 bits per heavy atom. The summed E-state index contributed by atoms with van der Waals surface area (Å²) in [5.74, 6) is -0.909. The van der Waals surface area contributed by atoms with Crippen molar-refractivity contribution in [2.45, 2.75) is 51.7 Å². The molecule has 0 bridgehead atoms. The van der Waals surface area contributed by atoms with Gasteiger partial charge in [0.2, 0.25) is 5.91 Å². The lowest BCUT2D eigenvalue weighted by molar-refractivity contribution is -0.161. The minimum absolute atomic E-state index is 0.0744. The number of nitrogens with one attached hydrogen (secondary N) is 2. The molecule has 0 radical (unpaired) electrons. The van der Waals surface area contributed by atoms with Crippen molar-refractivity contribution in [3.63, 3.8) is 0 Å². The van der Waals surface area contributed by atoms with Gasteiger partial charge in [-0.15, -0.1) is 0 Å². The van der Waals surface area contributed by atoms with Gasteiger partial charge in [0.05, 0.1) is 18.1 Å². The van der Waals surface area contributed by atoms with Gasteiger partial charge in [0.15, 0.2) is 8.32 Å². The average molecular weight is 472 g/mol. The maximum absolute atomic E-state index is 13.1. The smallest absolute Gasteiger partial charge is 0.355 e. The van der Waals surface area contributed by atoms with Crippen LogP contribution in [0.4, 0.5) is 4.79 Å². The quantitative estimate of drug-likeness (QED) is 0.250. The molecule has 3 amide bonds. The van der Waals surface area contributed by atoms with E-state index in [0.717, 1.165) is 16.7 Å². The molecule has 0 spiro atoms. The molecule has 0 aromatic heterocycles. The normalized spacial score (nSPS) is 20.6.